The molecule has 0 saturated carbocycles. The van der Waals surface area contributed by atoms with Crippen molar-refractivity contribution >= 4 is 54.7 Å². The summed E-state index contributed by atoms with van der Waals surface area (Å²) < 4.78 is 69.4. The molecule has 1 saturated heterocycles. The number of benzene rings is 2. The van der Waals surface area contributed by atoms with Gasteiger partial charge in [0, 0.05) is 29.5 Å². The maximum Gasteiger partial charge on any atom is 0.252 e. The van der Waals surface area contributed by atoms with E-state index < -0.39 is 37.8 Å². The van der Waals surface area contributed by atoms with Crippen molar-refractivity contribution in [3.05, 3.63) is 76.9 Å². The van der Waals surface area contributed by atoms with Crippen LogP contribution >= 0.6 is 23.1 Å². The molecule has 0 unspecified atom stereocenters. The molecule has 1 fully saturated rings. The van der Waals surface area contributed by atoms with Crippen molar-refractivity contribution in [1.82, 2.24) is 9.03 Å². The van der Waals surface area contributed by atoms with Gasteiger partial charge in [-0.05, 0) is 49.2 Å². The maximum absolute atomic E-state index is 13.3. The van der Waals surface area contributed by atoms with Crippen molar-refractivity contribution in [2.45, 2.75) is 28.5 Å². The number of thiophene rings is 1. The second-order valence-electron chi connectivity index (χ2n) is 8.36. The van der Waals surface area contributed by atoms with Gasteiger partial charge in [-0.1, -0.05) is 30.3 Å². The monoisotopic (exact) mass is 583 g/mol. The quantitative estimate of drug-likeness (QED) is 0.399. The Morgan fingerprint density at radius 3 is 2.32 bits per heavy atom. The summed E-state index contributed by atoms with van der Waals surface area (Å²) in [5.41, 5.74) is 1.02. The Morgan fingerprint density at radius 1 is 1.03 bits per heavy atom. The van der Waals surface area contributed by atoms with Gasteiger partial charge in [0.15, 0.2) is 0 Å². The fourth-order valence-corrected chi connectivity index (χ4v) is 9.07. The van der Waals surface area contributed by atoms with E-state index in [9.17, 15) is 26.0 Å². The maximum atomic E-state index is 13.3. The molecule has 8 nitrogen and oxygen atoms in total. The lowest BCUT2D eigenvalue weighted by Gasteiger charge is -2.24. The molecule has 2 aromatic carbocycles. The first-order chi connectivity index (χ1) is 17.6. The zero-order valence-corrected chi connectivity index (χ0v) is 23.2. The van der Waals surface area contributed by atoms with E-state index in [0.717, 1.165) is 52.7 Å². The van der Waals surface area contributed by atoms with Gasteiger partial charge < -0.3 is 5.32 Å². The second kappa shape index (κ2) is 11.6. The predicted molar refractivity (Wildman–Crippen MR) is 144 cm³/mol. The fraction of sp³-hybridized carbons (Fsp3) is 0.292. The zero-order valence-electron chi connectivity index (χ0n) is 19.9. The smallest absolute Gasteiger partial charge is 0.252 e. The van der Waals surface area contributed by atoms with Crippen LogP contribution in [0.2, 0.25) is 0 Å². The average Bonchev–Trinajstić information content (AvgIpc) is 3.25. The number of hydrogen-bond donors (Lipinski definition) is 2. The number of carbonyl (C=O) groups excluding carboxylic acids is 1. The number of aryl methyl sites for hydroxylation is 1. The molecule has 37 heavy (non-hydrogen) atoms. The molecule has 2 heterocycles. The standard InChI is InChI=1S/C24H26FN3O5S4/c1-17-21(16-23(35-17)37(32,33)28-11-13-34-14-12-28)26-24(29)22(15-18-5-3-2-4-6-18)27-36(30,31)20-9-7-19(25)8-10-20/h2-10,16,22,27H,11-15H2,1H3,(H,26,29)/t22-/m1/s1. The Kier molecular flexibility index (Phi) is 8.71. The van der Waals surface area contributed by atoms with E-state index in [1.807, 2.05) is 0 Å². The Balaban J connectivity index is 1.58. The summed E-state index contributed by atoms with van der Waals surface area (Å²) in [4.78, 5) is 13.7. The molecule has 1 aliphatic heterocycles. The van der Waals surface area contributed by atoms with Crippen LogP contribution in [0, 0.1) is 12.7 Å². The Bertz CT molecular complexity index is 1450. The molecule has 0 aliphatic carbocycles. The highest BCUT2D eigenvalue weighted by molar-refractivity contribution is 7.99. The molecule has 3 aromatic rings. The molecule has 0 radical (unpaired) electrons. The third-order valence-corrected chi connectivity index (χ3v) is 11.6. The number of sulfonamides is 2. The van der Waals surface area contributed by atoms with Gasteiger partial charge >= 0.3 is 0 Å². The highest BCUT2D eigenvalue weighted by Gasteiger charge is 2.30. The van der Waals surface area contributed by atoms with E-state index in [1.165, 1.54) is 10.4 Å². The number of nitrogens with zero attached hydrogens (tertiary/aromatic N) is 1. The van der Waals surface area contributed by atoms with Crippen LogP contribution in [-0.2, 0) is 31.3 Å². The lowest BCUT2D eigenvalue weighted by Crippen LogP contribution is -2.45. The van der Waals surface area contributed by atoms with Gasteiger partial charge in [0.1, 0.15) is 16.1 Å². The minimum atomic E-state index is -4.16. The van der Waals surface area contributed by atoms with Crippen LogP contribution in [-0.4, -0.2) is 57.7 Å². The van der Waals surface area contributed by atoms with Gasteiger partial charge in [0.2, 0.25) is 15.9 Å². The van der Waals surface area contributed by atoms with Crippen LogP contribution in [0.4, 0.5) is 10.1 Å². The number of nitrogens with one attached hydrogen (secondary N) is 2. The molecule has 1 aliphatic rings. The van der Waals surface area contributed by atoms with Gasteiger partial charge in [0.25, 0.3) is 10.0 Å². The van der Waals surface area contributed by atoms with Crippen molar-refractivity contribution in [2.24, 2.45) is 0 Å². The first kappa shape index (κ1) is 27.7. The molecule has 1 atom stereocenters. The predicted octanol–water partition coefficient (Wildman–Crippen LogP) is 3.46. The van der Waals surface area contributed by atoms with Crippen LogP contribution in [0.3, 0.4) is 0 Å². The number of carbonyl (C=O) groups is 1. The minimum absolute atomic E-state index is 0.0485. The van der Waals surface area contributed by atoms with E-state index in [4.69, 9.17) is 0 Å². The van der Waals surface area contributed by atoms with Gasteiger partial charge in [-0.15, -0.1) is 11.3 Å². The van der Waals surface area contributed by atoms with Crippen LogP contribution in [0.15, 0.2) is 69.8 Å². The van der Waals surface area contributed by atoms with E-state index in [2.05, 4.69) is 10.0 Å². The van der Waals surface area contributed by atoms with Gasteiger partial charge in [-0.3, -0.25) is 4.79 Å². The third kappa shape index (κ3) is 6.78. The molecule has 198 valence electrons. The summed E-state index contributed by atoms with van der Waals surface area (Å²) in [5.74, 6) is 0.221. The summed E-state index contributed by atoms with van der Waals surface area (Å²) >= 11 is 2.76. The van der Waals surface area contributed by atoms with E-state index in [0.29, 0.717) is 23.7 Å². The summed E-state index contributed by atoms with van der Waals surface area (Å²) in [7, 11) is -7.85. The van der Waals surface area contributed by atoms with E-state index in [1.54, 1.807) is 49.0 Å². The molecular formula is C24H26FN3O5S4. The Morgan fingerprint density at radius 2 is 1.68 bits per heavy atom. The van der Waals surface area contributed by atoms with Gasteiger partial charge in [-0.2, -0.15) is 20.8 Å². The van der Waals surface area contributed by atoms with Crippen LogP contribution in [0.5, 0.6) is 0 Å². The van der Waals surface area contributed by atoms with Crippen molar-refractivity contribution in [3.8, 4) is 0 Å². The summed E-state index contributed by atoms with van der Waals surface area (Å²) in [6, 6.07) is 13.4. The van der Waals surface area contributed by atoms with Crippen molar-refractivity contribution < 1.29 is 26.0 Å². The first-order valence-electron chi connectivity index (χ1n) is 11.4. The van der Waals surface area contributed by atoms with Crippen molar-refractivity contribution in [1.29, 1.82) is 0 Å². The second-order valence-corrected chi connectivity index (χ2v) is 14.7. The number of rotatable bonds is 9. The molecule has 0 spiro atoms. The van der Waals surface area contributed by atoms with Crippen LogP contribution < -0.4 is 10.0 Å². The van der Waals surface area contributed by atoms with Crippen molar-refractivity contribution in [2.75, 3.05) is 29.9 Å². The molecule has 13 heteroatoms. The minimum Gasteiger partial charge on any atom is -0.324 e. The Labute approximate surface area is 224 Å². The van der Waals surface area contributed by atoms with E-state index >= 15 is 0 Å². The summed E-state index contributed by atoms with van der Waals surface area (Å²) in [5, 5.41) is 2.71. The number of halogens is 1. The number of hydrogen-bond acceptors (Lipinski definition) is 7. The largest absolute Gasteiger partial charge is 0.324 e. The number of amides is 1. The summed E-state index contributed by atoms with van der Waals surface area (Å²) in [6.07, 6.45) is 0.0485. The zero-order chi connectivity index (χ0) is 26.6. The molecular weight excluding hydrogens is 558 g/mol. The number of thioether (sulfide) groups is 1. The third-order valence-electron chi connectivity index (χ3n) is 5.74. The normalized spacial score (nSPS) is 15.8. The number of anilines is 1. The van der Waals surface area contributed by atoms with Gasteiger partial charge in [-0.25, -0.2) is 21.2 Å². The van der Waals surface area contributed by atoms with Crippen molar-refractivity contribution in [3.63, 3.8) is 0 Å². The highest BCUT2D eigenvalue weighted by Crippen LogP contribution is 2.33. The van der Waals surface area contributed by atoms with Gasteiger partial charge in [0.05, 0.1) is 10.6 Å². The topological polar surface area (TPSA) is 113 Å². The average molecular weight is 584 g/mol. The first-order valence-corrected chi connectivity index (χ1v) is 16.3. The molecule has 1 aromatic heterocycles. The summed E-state index contributed by atoms with van der Waals surface area (Å²) in [6.45, 7) is 2.55. The van der Waals surface area contributed by atoms with E-state index in [-0.39, 0.29) is 15.5 Å². The highest BCUT2D eigenvalue weighted by atomic mass is 32.2. The molecule has 0 bridgehead atoms. The molecule has 1 amide bonds. The lowest BCUT2D eigenvalue weighted by molar-refractivity contribution is -0.117. The SMILES string of the molecule is Cc1sc(S(=O)(=O)N2CCSCC2)cc1NC(=O)[C@@H](Cc1ccccc1)NS(=O)(=O)c1ccc(F)cc1. The van der Waals surface area contributed by atoms with Crippen LogP contribution in [0.1, 0.15) is 10.4 Å². The lowest BCUT2D eigenvalue weighted by atomic mass is 10.1. The molecule has 4 rings (SSSR count). The fourth-order valence-electron chi connectivity index (χ4n) is 3.75. The molecule has 2 N–H and O–H groups in total. The van der Waals surface area contributed by atoms with Crippen LogP contribution in [0.25, 0.3) is 0 Å². The Hall–Kier alpha value is -2.29.